The minimum absolute atomic E-state index is 0.0312. The van der Waals surface area contributed by atoms with Gasteiger partial charge in [-0.15, -0.1) is 0 Å². The van der Waals surface area contributed by atoms with Crippen LogP contribution in [0.5, 0.6) is 17.2 Å². The van der Waals surface area contributed by atoms with E-state index in [2.05, 4.69) is 0 Å². The average Bonchev–Trinajstić information content (AvgIpc) is 3.14. The van der Waals surface area contributed by atoms with Gasteiger partial charge < -0.3 is 13.7 Å². The minimum Gasteiger partial charge on any atom is -0.493 e. The highest BCUT2D eigenvalue weighted by Gasteiger charge is 2.35. The predicted octanol–water partition coefficient (Wildman–Crippen LogP) is 5.85. The van der Waals surface area contributed by atoms with Crippen LogP contribution in [0.25, 0.3) is 6.08 Å². The van der Waals surface area contributed by atoms with Gasteiger partial charge in [-0.3, -0.25) is 14.5 Å². The van der Waals surface area contributed by atoms with Crippen molar-refractivity contribution in [2.45, 2.75) is 18.7 Å². The van der Waals surface area contributed by atoms with E-state index < -0.39 is 21.3 Å². The molecule has 38 heavy (non-hydrogen) atoms. The van der Waals surface area contributed by atoms with Gasteiger partial charge in [-0.1, -0.05) is 29.8 Å². The number of carbonyl (C=O) groups is 2. The molecule has 0 unspecified atom stereocenters. The number of hydrogen-bond donors (Lipinski definition) is 0. The Hall–Kier alpha value is -3.47. The first-order chi connectivity index (χ1) is 18.1. The van der Waals surface area contributed by atoms with Gasteiger partial charge in [0.05, 0.1) is 18.6 Å². The lowest BCUT2D eigenvalue weighted by molar-refractivity contribution is -0.123. The van der Waals surface area contributed by atoms with Crippen LogP contribution in [0.2, 0.25) is 5.02 Å². The summed E-state index contributed by atoms with van der Waals surface area (Å²) in [5.74, 6) is 0.378. The summed E-state index contributed by atoms with van der Waals surface area (Å²) in [5, 5.41) is -0.00371. The van der Waals surface area contributed by atoms with Crippen molar-refractivity contribution in [1.82, 2.24) is 4.90 Å². The van der Waals surface area contributed by atoms with E-state index in [4.69, 9.17) is 25.3 Å². The van der Waals surface area contributed by atoms with Crippen molar-refractivity contribution in [3.8, 4) is 17.2 Å². The Labute approximate surface area is 230 Å². The Morgan fingerprint density at radius 1 is 0.947 bits per heavy atom. The Balaban J connectivity index is 1.46. The zero-order valence-corrected chi connectivity index (χ0v) is 23.2. The Bertz CT molecular complexity index is 1520. The molecule has 3 aromatic carbocycles. The number of benzene rings is 3. The molecule has 3 aromatic rings. The van der Waals surface area contributed by atoms with Crippen molar-refractivity contribution in [3.05, 3.63) is 87.3 Å². The fraction of sp³-hybridized carbons (Fsp3) is 0.185. The van der Waals surface area contributed by atoms with Crippen molar-refractivity contribution < 1.29 is 31.7 Å². The van der Waals surface area contributed by atoms with Gasteiger partial charge in [0.25, 0.3) is 11.1 Å². The van der Waals surface area contributed by atoms with E-state index in [-0.39, 0.29) is 34.5 Å². The van der Waals surface area contributed by atoms with Crippen LogP contribution in [0.4, 0.5) is 4.79 Å². The van der Waals surface area contributed by atoms with Crippen LogP contribution in [0.3, 0.4) is 0 Å². The molecule has 2 amide bonds. The summed E-state index contributed by atoms with van der Waals surface area (Å²) < 4.78 is 41.6. The van der Waals surface area contributed by atoms with Crippen molar-refractivity contribution in [3.63, 3.8) is 0 Å². The van der Waals surface area contributed by atoms with Crippen molar-refractivity contribution in [2.75, 3.05) is 20.3 Å². The van der Waals surface area contributed by atoms with Gasteiger partial charge in [0.2, 0.25) is 0 Å². The van der Waals surface area contributed by atoms with Gasteiger partial charge in [-0.05, 0) is 90.8 Å². The van der Waals surface area contributed by atoms with Gasteiger partial charge >= 0.3 is 10.1 Å². The number of nitrogens with zero attached hydrogens (tertiary/aromatic N) is 1. The summed E-state index contributed by atoms with van der Waals surface area (Å²) in [6.45, 7) is 4.15. The zero-order chi connectivity index (χ0) is 27.4. The second kappa shape index (κ2) is 11.5. The van der Waals surface area contributed by atoms with Crippen LogP contribution >= 0.6 is 23.4 Å². The molecule has 0 atom stereocenters. The highest BCUT2D eigenvalue weighted by atomic mass is 35.5. The minimum atomic E-state index is -4.13. The number of hydrogen-bond acceptors (Lipinski definition) is 8. The molecule has 4 rings (SSSR count). The first kappa shape index (κ1) is 27.6. The van der Waals surface area contributed by atoms with Crippen LogP contribution in [-0.2, 0) is 14.9 Å². The molecular formula is C27H24ClNO7S2. The number of amides is 2. The van der Waals surface area contributed by atoms with Gasteiger partial charge in [0.15, 0.2) is 11.5 Å². The van der Waals surface area contributed by atoms with Gasteiger partial charge in [0, 0.05) is 5.02 Å². The molecule has 1 fully saturated rings. The summed E-state index contributed by atoms with van der Waals surface area (Å²) in [5.41, 5.74) is 2.54. The smallest absolute Gasteiger partial charge is 0.339 e. The molecular weight excluding hydrogens is 550 g/mol. The Kier molecular flexibility index (Phi) is 8.35. The number of imide groups is 1. The number of aryl methyl sites for hydroxylation is 2. The highest BCUT2D eigenvalue weighted by molar-refractivity contribution is 8.18. The van der Waals surface area contributed by atoms with Gasteiger partial charge in [-0.25, -0.2) is 0 Å². The maximum absolute atomic E-state index is 12.9. The lowest BCUT2D eigenvalue weighted by Crippen LogP contribution is -2.32. The number of rotatable bonds is 9. The first-order valence-corrected chi connectivity index (χ1v) is 14.0. The van der Waals surface area contributed by atoms with E-state index >= 15 is 0 Å². The maximum atomic E-state index is 12.9. The third-order valence-electron chi connectivity index (χ3n) is 5.58. The second-order valence-corrected chi connectivity index (χ2v) is 11.3. The summed E-state index contributed by atoms with van der Waals surface area (Å²) >= 11 is 6.65. The molecule has 0 saturated carbocycles. The average molecular weight is 574 g/mol. The lowest BCUT2D eigenvalue weighted by atomic mass is 10.1. The SMILES string of the molecule is COc1cc(/C=C2\SC(=O)N(CCOc3cc(C)ccc3C)C2=O)ccc1OS(=O)(=O)c1ccc(Cl)cc1. The molecule has 1 aliphatic rings. The Morgan fingerprint density at radius 2 is 1.68 bits per heavy atom. The molecule has 1 aliphatic heterocycles. The standard InChI is InChI=1S/C27H24ClNO7S2/c1-17-4-5-18(2)23(14-17)35-13-12-29-26(30)25(37-27(29)31)16-19-6-11-22(24(15-19)34-3)36-38(32,33)21-9-7-20(28)8-10-21/h4-11,14-16H,12-13H2,1-3H3/b25-16-. The molecule has 198 valence electrons. The van der Waals surface area contributed by atoms with E-state index in [0.29, 0.717) is 16.3 Å². The molecule has 0 bridgehead atoms. The topological polar surface area (TPSA) is 99.2 Å². The lowest BCUT2D eigenvalue weighted by Gasteiger charge is -2.14. The van der Waals surface area contributed by atoms with Crippen LogP contribution < -0.4 is 13.7 Å². The number of halogens is 1. The fourth-order valence-electron chi connectivity index (χ4n) is 3.56. The Morgan fingerprint density at radius 3 is 2.39 bits per heavy atom. The molecule has 1 saturated heterocycles. The molecule has 8 nitrogen and oxygen atoms in total. The van der Waals surface area contributed by atoms with E-state index in [1.165, 1.54) is 49.6 Å². The van der Waals surface area contributed by atoms with E-state index in [9.17, 15) is 18.0 Å². The first-order valence-electron chi connectivity index (χ1n) is 11.4. The summed E-state index contributed by atoms with van der Waals surface area (Å²) in [4.78, 5) is 26.7. The molecule has 0 spiro atoms. The quantitative estimate of drug-likeness (QED) is 0.232. The molecule has 0 aliphatic carbocycles. The molecule has 1 heterocycles. The van der Waals surface area contributed by atoms with E-state index in [1.54, 1.807) is 6.07 Å². The predicted molar refractivity (Wildman–Crippen MR) is 146 cm³/mol. The maximum Gasteiger partial charge on any atom is 0.339 e. The van der Waals surface area contributed by atoms with Gasteiger partial charge in [-0.2, -0.15) is 8.42 Å². The summed E-state index contributed by atoms with van der Waals surface area (Å²) in [6.07, 6.45) is 1.54. The van der Waals surface area contributed by atoms with Crippen LogP contribution in [-0.4, -0.2) is 44.7 Å². The van der Waals surface area contributed by atoms with E-state index in [0.717, 1.165) is 27.8 Å². The zero-order valence-electron chi connectivity index (χ0n) is 20.8. The van der Waals surface area contributed by atoms with Crippen molar-refractivity contribution >= 4 is 50.7 Å². The fourth-order valence-corrected chi connectivity index (χ4v) is 5.49. The van der Waals surface area contributed by atoms with Crippen molar-refractivity contribution in [1.29, 1.82) is 0 Å². The summed E-state index contributed by atoms with van der Waals surface area (Å²) in [7, 11) is -2.77. The van der Waals surface area contributed by atoms with Crippen molar-refractivity contribution in [2.24, 2.45) is 0 Å². The molecule has 0 radical (unpaired) electrons. The van der Waals surface area contributed by atoms with Crippen LogP contribution in [0.1, 0.15) is 16.7 Å². The van der Waals surface area contributed by atoms with Crippen LogP contribution in [0.15, 0.2) is 70.5 Å². The number of methoxy groups -OCH3 is 1. The largest absolute Gasteiger partial charge is 0.493 e. The summed E-state index contributed by atoms with van der Waals surface area (Å²) in [6, 6.07) is 15.9. The third kappa shape index (κ3) is 6.32. The van der Waals surface area contributed by atoms with E-state index in [1.807, 2.05) is 32.0 Å². The number of ether oxygens (including phenoxy) is 2. The molecule has 11 heteroatoms. The normalized spacial score (nSPS) is 14.7. The van der Waals surface area contributed by atoms with Crippen LogP contribution in [0, 0.1) is 13.8 Å². The highest BCUT2D eigenvalue weighted by Crippen LogP contribution is 2.35. The molecule has 0 N–H and O–H groups in total. The molecule has 0 aromatic heterocycles. The second-order valence-electron chi connectivity index (χ2n) is 8.35. The van der Waals surface area contributed by atoms with Gasteiger partial charge in [0.1, 0.15) is 17.3 Å². The monoisotopic (exact) mass is 573 g/mol. The number of thioether (sulfide) groups is 1. The third-order valence-corrected chi connectivity index (χ3v) is 7.98. The number of carbonyl (C=O) groups excluding carboxylic acids is 2.